The number of anilines is 1. The van der Waals surface area contributed by atoms with Crippen molar-refractivity contribution in [2.24, 2.45) is 5.10 Å². The number of ether oxygens (including phenoxy) is 1. The molecule has 2 aromatic heterocycles. The van der Waals surface area contributed by atoms with E-state index in [9.17, 15) is 19.4 Å². The van der Waals surface area contributed by atoms with Gasteiger partial charge in [-0.2, -0.15) is 5.10 Å². The molecule has 13 heteroatoms. The van der Waals surface area contributed by atoms with Gasteiger partial charge in [0.15, 0.2) is 17.4 Å². The number of hydrogen-bond donors (Lipinski definition) is 4. The van der Waals surface area contributed by atoms with Gasteiger partial charge in [-0.1, -0.05) is 0 Å². The summed E-state index contributed by atoms with van der Waals surface area (Å²) in [7, 11) is 3.94. The van der Waals surface area contributed by atoms with Crippen LogP contribution in [0.3, 0.4) is 0 Å². The van der Waals surface area contributed by atoms with Crippen LogP contribution in [0.15, 0.2) is 66.2 Å². The molecule has 196 valence electrons. The number of phenols is 2. The zero-order valence-electron chi connectivity index (χ0n) is 20.5. The summed E-state index contributed by atoms with van der Waals surface area (Å²) >= 11 is 0. The Kier molecular flexibility index (Phi) is 8.08. The second kappa shape index (κ2) is 11.8. The number of amides is 2. The largest absolute Gasteiger partial charge is 0.508 e. The van der Waals surface area contributed by atoms with Crippen LogP contribution >= 0.6 is 0 Å². The van der Waals surface area contributed by atoms with Crippen LogP contribution in [-0.2, 0) is 6.54 Å². The molecule has 0 atom stereocenters. The van der Waals surface area contributed by atoms with E-state index in [1.807, 2.05) is 23.6 Å². The molecule has 0 radical (unpaired) electrons. The second-order valence-corrected chi connectivity index (χ2v) is 8.34. The molecule has 0 saturated carbocycles. The number of aromatic hydroxyl groups is 2. The summed E-state index contributed by atoms with van der Waals surface area (Å²) in [6.45, 7) is 1.46. The van der Waals surface area contributed by atoms with E-state index in [4.69, 9.17) is 4.74 Å². The van der Waals surface area contributed by atoms with Crippen LogP contribution in [-0.4, -0.2) is 67.7 Å². The molecule has 2 amide bonds. The van der Waals surface area contributed by atoms with Crippen molar-refractivity contribution in [1.82, 2.24) is 30.1 Å². The van der Waals surface area contributed by atoms with E-state index in [2.05, 4.69) is 31.0 Å². The molecule has 0 fully saturated rings. The number of carbonyl (C=O) groups excluding carboxylic acids is 1. The molecule has 2 aromatic carbocycles. The molecule has 0 aliphatic rings. The zero-order chi connectivity index (χ0) is 27.1. The lowest BCUT2D eigenvalue weighted by molar-refractivity contribution is 0.252. The molecule has 0 saturated heterocycles. The SMILES string of the molecule is CN(C)CCn1cnnc1-c1cc(Oc2ccc(NC(=O)N/N=C/c3ccc(O)cc3O)cc2F)ccn1. The van der Waals surface area contributed by atoms with Crippen LogP contribution in [0.5, 0.6) is 23.0 Å². The Morgan fingerprint density at radius 2 is 2.03 bits per heavy atom. The van der Waals surface area contributed by atoms with E-state index in [0.29, 0.717) is 23.8 Å². The van der Waals surface area contributed by atoms with Gasteiger partial charge < -0.3 is 29.7 Å². The number of aromatic nitrogens is 4. The predicted octanol–water partition coefficient (Wildman–Crippen LogP) is 3.40. The minimum Gasteiger partial charge on any atom is -0.508 e. The summed E-state index contributed by atoms with van der Waals surface area (Å²) in [5.74, 6) is -0.158. The summed E-state index contributed by atoms with van der Waals surface area (Å²) < 4.78 is 22.3. The molecule has 4 N–H and O–H groups in total. The van der Waals surface area contributed by atoms with Gasteiger partial charge in [0.05, 0.1) is 6.21 Å². The first-order valence-electron chi connectivity index (χ1n) is 11.4. The highest BCUT2D eigenvalue weighted by atomic mass is 19.1. The molecule has 2 heterocycles. The third kappa shape index (κ3) is 6.79. The molecular formula is C25H25FN8O4. The van der Waals surface area contributed by atoms with E-state index < -0.39 is 11.8 Å². The minimum atomic E-state index is -0.732. The van der Waals surface area contributed by atoms with Crippen molar-refractivity contribution in [2.45, 2.75) is 6.54 Å². The number of hydrazone groups is 1. The van der Waals surface area contributed by atoms with Crippen LogP contribution < -0.4 is 15.5 Å². The van der Waals surface area contributed by atoms with Crippen LogP contribution in [0.2, 0.25) is 0 Å². The highest BCUT2D eigenvalue weighted by Gasteiger charge is 2.13. The van der Waals surface area contributed by atoms with Gasteiger partial charge in [0.2, 0.25) is 0 Å². The second-order valence-electron chi connectivity index (χ2n) is 8.34. The fourth-order valence-electron chi connectivity index (χ4n) is 3.27. The van der Waals surface area contributed by atoms with Crippen molar-refractivity contribution >= 4 is 17.9 Å². The van der Waals surface area contributed by atoms with Crippen LogP contribution in [0.1, 0.15) is 5.56 Å². The maximum atomic E-state index is 14.7. The van der Waals surface area contributed by atoms with E-state index in [1.165, 1.54) is 36.7 Å². The smallest absolute Gasteiger partial charge is 0.339 e. The molecule has 0 unspecified atom stereocenters. The van der Waals surface area contributed by atoms with E-state index >= 15 is 0 Å². The molecule has 38 heavy (non-hydrogen) atoms. The number of nitrogens with zero attached hydrogens (tertiary/aromatic N) is 6. The van der Waals surface area contributed by atoms with E-state index in [0.717, 1.165) is 18.7 Å². The first-order chi connectivity index (χ1) is 18.3. The maximum Gasteiger partial charge on any atom is 0.339 e. The molecule has 0 aliphatic heterocycles. The van der Waals surface area contributed by atoms with Crippen LogP contribution in [0.4, 0.5) is 14.9 Å². The third-order valence-corrected chi connectivity index (χ3v) is 5.17. The van der Waals surface area contributed by atoms with Crippen molar-refractivity contribution < 1.29 is 24.1 Å². The number of carbonyl (C=O) groups is 1. The lowest BCUT2D eigenvalue weighted by atomic mass is 10.2. The van der Waals surface area contributed by atoms with Gasteiger partial charge in [0, 0.05) is 48.7 Å². The molecular weight excluding hydrogens is 495 g/mol. The number of pyridine rings is 1. The van der Waals surface area contributed by atoms with Crippen molar-refractivity contribution in [2.75, 3.05) is 26.0 Å². The summed E-state index contributed by atoms with van der Waals surface area (Å²) in [6, 6.07) is 10.4. The number of nitrogens with one attached hydrogen (secondary N) is 2. The number of hydrogen-bond acceptors (Lipinski definition) is 9. The zero-order valence-corrected chi connectivity index (χ0v) is 20.5. The summed E-state index contributed by atoms with van der Waals surface area (Å²) in [6.07, 6.45) is 4.35. The Morgan fingerprint density at radius 1 is 1.18 bits per heavy atom. The van der Waals surface area contributed by atoms with Crippen LogP contribution in [0.25, 0.3) is 11.5 Å². The molecule has 0 aliphatic carbocycles. The van der Waals surface area contributed by atoms with Gasteiger partial charge >= 0.3 is 6.03 Å². The fourth-order valence-corrected chi connectivity index (χ4v) is 3.27. The van der Waals surface area contributed by atoms with Crippen LogP contribution in [0, 0.1) is 5.82 Å². The Hall–Kier alpha value is -5.04. The number of likely N-dealkylation sites (N-methyl/N-ethyl adjacent to an activating group) is 1. The molecule has 4 rings (SSSR count). The average molecular weight is 521 g/mol. The first-order valence-corrected chi connectivity index (χ1v) is 11.4. The highest BCUT2D eigenvalue weighted by Crippen LogP contribution is 2.28. The summed E-state index contributed by atoms with van der Waals surface area (Å²) in [4.78, 5) is 18.4. The van der Waals surface area contributed by atoms with Gasteiger partial charge in [-0.3, -0.25) is 4.98 Å². The Bertz CT molecular complexity index is 1460. The number of urea groups is 1. The molecule has 4 aromatic rings. The molecule has 12 nitrogen and oxygen atoms in total. The van der Waals surface area contributed by atoms with E-state index in [-0.39, 0.29) is 28.5 Å². The molecule has 0 bridgehead atoms. The Morgan fingerprint density at radius 3 is 2.79 bits per heavy atom. The lowest BCUT2D eigenvalue weighted by Crippen LogP contribution is -2.24. The van der Waals surface area contributed by atoms with Crippen molar-refractivity contribution in [1.29, 1.82) is 0 Å². The first kappa shape index (κ1) is 26.0. The minimum absolute atomic E-state index is 0.0528. The van der Waals surface area contributed by atoms with Gasteiger partial charge in [-0.25, -0.2) is 14.6 Å². The summed E-state index contributed by atoms with van der Waals surface area (Å²) in [5, 5.41) is 33.3. The van der Waals surface area contributed by atoms with Crippen molar-refractivity contribution in [3.8, 4) is 34.5 Å². The predicted molar refractivity (Wildman–Crippen MR) is 138 cm³/mol. The standard InChI is InChI=1S/C25H25FN8O4/c1-33(2)9-10-34-15-29-31-24(34)21-13-19(7-8-27-21)38-23-6-4-17(11-20(23)26)30-25(37)32-28-14-16-3-5-18(35)12-22(16)36/h3-8,11-15,35-36H,9-10H2,1-2H3,(H2,30,32,37)/b28-14+. The maximum absolute atomic E-state index is 14.7. The lowest BCUT2D eigenvalue weighted by Gasteiger charge is -2.12. The average Bonchev–Trinajstić information content (AvgIpc) is 3.35. The fraction of sp³-hybridized carbons (Fsp3) is 0.160. The number of halogens is 1. The quantitative estimate of drug-likeness (QED) is 0.194. The Labute approximate surface area is 217 Å². The Balaban J connectivity index is 1.38. The van der Waals surface area contributed by atoms with Gasteiger partial charge in [-0.15, -0.1) is 10.2 Å². The number of benzene rings is 2. The number of rotatable bonds is 9. The highest BCUT2D eigenvalue weighted by molar-refractivity contribution is 5.91. The topological polar surface area (TPSA) is 150 Å². The normalized spacial score (nSPS) is 11.2. The monoisotopic (exact) mass is 520 g/mol. The van der Waals surface area contributed by atoms with Crippen molar-refractivity contribution in [3.63, 3.8) is 0 Å². The van der Waals surface area contributed by atoms with Crippen molar-refractivity contribution in [3.05, 3.63) is 72.4 Å². The number of phenolic OH excluding ortho intramolecular Hbond substituents is 2. The third-order valence-electron chi connectivity index (χ3n) is 5.17. The van der Waals surface area contributed by atoms with Gasteiger partial charge in [0.1, 0.15) is 29.3 Å². The van der Waals surface area contributed by atoms with Gasteiger partial charge in [-0.05, 0) is 44.4 Å². The summed E-state index contributed by atoms with van der Waals surface area (Å²) in [5.41, 5.74) is 3.17. The van der Waals surface area contributed by atoms with Gasteiger partial charge in [0.25, 0.3) is 0 Å². The molecule has 0 spiro atoms. The van der Waals surface area contributed by atoms with E-state index in [1.54, 1.807) is 18.5 Å².